The van der Waals surface area contributed by atoms with E-state index < -0.39 is 6.10 Å². The maximum atomic E-state index is 11.8. The molecule has 1 aromatic carbocycles. The van der Waals surface area contributed by atoms with Crippen LogP contribution in [0.3, 0.4) is 0 Å². The fourth-order valence-electron chi connectivity index (χ4n) is 1.79. The second-order valence-corrected chi connectivity index (χ2v) is 5.27. The Morgan fingerprint density at radius 3 is 2.62 bits per heavy atom. The van der Waals surface area contributed by atoms with Gasteiger partial charge in [-0.3, -0.25) is 0 Å². The Bertz CT molecular complexity index is 408. The highest BCUT2D eigenvalue weighted by Crippen LogP contribution is 2.11. The molecular formula is C16H24ClNO3. The van der Waals surface area contributed by atoms with Crippen LogP contribution in [0, 0.1) is 0 Å². The molecule has 21 heavy (non-hydrogen) atoms. The lowest BCUT2D eigenvalue weighted by atomic mass is 10.2. The van der Waals surface area contributed by atoms with Crippen LogP contribution in [0.5, 0.6) is 0 Å². The molecule has 0 saturated heterocycles. The van der Waals surface area contributed by atoms with Crippen LogP contribution in [0.25, 0.3) is 0 Å². The van der Waals surface area contributed by atoms with Gasteiger partial charge in [-0.2, -0.15) is 0 Å². The summed E-state index contributed by atoms with van der Waals surface area (Å²) in [5.74, 6) is -0.103. The molecular weight excluding hydrogens is 290 g/mol. The fourth-order valence-corrected chi connectivity index (χ4v) is 1.90. The molecule has 4 nitrogen and oxygen atoms in total. The second-order valence-electron chi connectivity index (χ2n) is 4.96. The average molecular weight is 314 g/mol. The highest BCUT2D eigenvalue weighted by molar-refractivity contribution is 6.18. The Balaban J connectivity index is 2.33. The summed E-state index contributed by atoms with van der Waals surface area (Å²) in [5.41, 5.74) is 1.37. The molecule has 0 aliphatic carbocycles. The van der Waals surface area contributed by atoms with E-state index in [0.29, 0.717) is 18.7 Å². The van der Waals surface area contributed by atoms with E-state index in [1.165, 1.54) is 12.8 Å². The summed E-state index contributed by atoms with van der Waals surface area (Å²) in [6.45, 7) is 3.00. The third-order valence-electron chi connectivity index (χ3n) is 3.07. The summed E-state index contributed by atoms with van der Waals surface area (Å²) < 4.78 is 5.21. The molecule has 0 bridgehead atoms. The van der Waals surface area contributed by atoms with Gasteiger partial charge in [-0.25, -0.2) is 4.79 Å². The van der Waals surface area contributed by atoms with Crippen molar-refractivity contribution in [2.24, 2.45) is 0 Å². The van der Waals surface area contributed by atoms with E-state index in [-0.39, 0.29) is 11.8 Å². The number of ether oxygens (including phenoxy) is 1. The molecule has 0 saturated carbocycles. The minimum Gasteiger partial charge on any atom is -0.462 e. The lowest BCUT2D eigenvalue weighted by Crippen LogP contribution is -2.20. The van der Waals surface area contributed by atoms with Crippen LogP contribution < -0.4 is 5.32 Å². The van der Waals surface area contributed by atoms with E-state index in [1.54, 1.807) is 24.3 Å². The molecule has 118 valence electrons. The van der Waals surface area contributed by atoms with Crippen molar-refractivity contribution in [3.05, 3.63) is 29.8 Å². The zero-order valence-corrected chi connectivity index (χ0v) is 13.2. The van der Waals surface area contributed by atoms with Crippen molar-refractivity contribution in [3.8, 4) is 0 Å². The van der Waals surface area contributed by atoms with Crippen molar-refractivity contribution < 1.29 is 14.6 Å². The second kappa shape index (κ2) is 10.5. The van der Waals surface area contributed by atoms with Crippen LogP contribution in [0.1, 0.15) is 43.0 Å². The molecule has 0 heterocycles. The molecule has 0 radical (unpaired) electrons. The van der Waals surface area contributed by atoms with Crippen LogP contribution in [0.2, 0.25) is 0 Å². The van der Waals surface area contributed by atoms with Gasteiger partial charge in [-0.15, -0.1) is 11.6 Å². The maximum absolute atomic E-state index is 11.8. The molecule has 1 rings (SSSR count). The van der Waals surface area contributed by atoms with Crippen molar-refractivity contribution in [1.29, 1.82) is 0 Å². The molecule has 1 unspecified atom stereocenters. The summed E-state index contributed by atoms with van der Waals surface area (Å²) in [7, 11) is 0. The van der Waals surface area contributed by atoms with E-state index in [4.69, 9.17) is 16.3 Å². The molecule has 1 atom stereocenters. The van der Waals surface area contributed by atoms with Crippen molar-refractivity contribution in [1.82, 2.24) is 0 Å². The number of rotatable bonds is 10. The molecule has 5 heteroatoms. The van der Waals surface area contributed by atoms with Crippen LogP contribution in [-0.2, 0) is 4.74 Å². The van der Waals surface area contributed by atoms with E-state index in [0.717, 1.165) is 18.5 Å². The van der Waals surface area contributed by atoms with Gasteiger partial charge in [0.05, 0.1) is 24.2 Å². The number of benzene rings is 1. The van der Waals surface area contributed by atoms with Crippen molar-refractivity contribution in [2.75, 3.05) is 24.3 Å². The molecule has 0 spiro atoms. The third kappa shape index (κ3) is 7.34. The number of carbonyl (C=O) groups is 1. The smallest absolute Gasteiger partial charge is 0.338 e. The van der Waals surface area contributed by atoms with Gasteiger partial charge >= 0.3 is 5.97 Å². The lowest BCUT2D eigenvalue weighted by Gasteiger charge is -2.10. The Hall–Kier alpha value is -1.26. The molecule has 2 N–H and O–H groups in total. The van der Waals surface area contributed by atoms with Gasteiger partial charge in [0.2, 0.25) is 0 Å². The van der Waals surface area contributed by atoms with Gasteiger partial charge in [0.15, 0.2) is 0 Å². The number of esters is 1. The quantitative estimate of drug-likeness (QED) is 0.395. The minimum absolute atomic E-state index is 0.190. The number of aliphatic hydroxyl groups is 1. The van der Waals surface area contributed by atoms with Crippen molar-refractivity contribution >= 4 is 23.3 Å². The first-order valence-corrected chi connectivity index (χ1v) is 7.96. The molecule has 0 aliphatic heterocycles. The first-order chi connectivity index (χ1) is 10.2. The number of hydrogen-bond acceptors (Lipinski definition) is 4. The highest BCUT2D eigenvalue weighted by Gasteiger charge is 2.07. The summed E-state index contributed by atoms with van der Waals surface area (Å²) >= 11 is 5.51. The molecule has 0 fully saturated rings. The van der Waals surface area contributed by atoms with Gasteiger partial charge < -0.3 is 15.2 Å². The molecule has 1 aromatic rings. The predicted molar refractivity (Wildman–Crippen MR) is 86.1 cm³/mol. The molecule has 0 aromatic heterocycles. The molecule has 0 amide bonds. The number of nitrogens with one attached hydrogen (secondary N) is 1. The predicted octanol–water partition coefficient (Wildman–Crippen LogP) is 3.44. The normalized spacial score (nSPS) is 12.0. The number of anilines is 1. The number of halogens is 1. The van der Waals surface area contributed by atoms with E-state index in [9.17, 15) is 9.90 Å². The first-order valence-electron chi connectivity index (χ1n) is 7.42. The molecule has 0 aliphatic rings. The van der Waals surface area contributed by atoms with E-state index >= 15 is 0 Å². The number of aliphatic hydroxyl groups excluding tert-OH is 1. The van der Waals surface area contributed by atoms with Gasteiger partial charge in [-0.1, -0.05) is 26.2 Å². The van der Waals surface area contributed by atoms with Gasteiger partial charge in [0, 0.05) is 12.2 Å². The van der Waals surface area contributed by atoms with Crippen molar-refractivity contribution in [2.45, 2.75) is 38.7 Å². The monoisotopic (exact) mass is 313 g/mol. The van der Waals surface area contributed by atoms with E-state index in [2.05, 4.69) is 12.2 Å². The Labute approximate surface area is 131 Å². The zero-order chi connectivity index (χ0) is 15.5. The van der Waals surface area contributed by atoms with Gasteiger partial charge in [-0.05, 0) is 30.7 Å². The Kier molecular flexibility index (Phi) is 8.87. The van der Waals surface area contributed by atoms with Crippen LogP contribution in [0.15, 0.2) is 24.3 Å². The number of carbonyl (C=O) groups excluding carboxylic acids is 1. The van der Waals surface area contributed by atoms with Crippen LogP contribution >= 0.6 is 11.6 Å². The number of alkyl halides is 1. The summed E-state index contributed by atoms with van der Waals surface area (Å²) in [4.78, 5) is 11.8. The number of unbranched alkanes of at least 4 members (excludes halogenated alkanes) is 3. The maximum Gasteiger partial charge on any atom is 0.338 e. The topological polar surface area (TPSA) is 58.6 Å². The largest absolute Gasteiger partial charge is 0.462 e. The van der Waals surface area contributed by atoms with Crippen LogP contribution in [-0.4, -0.2) is 36.2 Å². The summed E-state index contributed by atoms with van der Waals surface area (Å²) in [6.07, 6.45) is 3.76. The summed E-state index contributed by atoms with van der Waals surface area (Å²) in [6, 6.07) is 7.00. The van der Waals surface area contributed by atoms with E-state index in [1.807, 2.05) is 0 Å². The van der Waals surface area contributed by atoms with Gasteiger partial charge in [0.1, 0.15) is 0 Å². The first kappa shape index (κ1) is 17.8. The SMILES string of the molecule is CCCCCCOC(=O)c1ccc(NCC(O)CCl)cc1. The highest BCUT2D eigenvalue weighted by atomic mass is 35.5. The Morgan fingerprint density at radius 1 is 1.29 bits per heavy atom. The van der Waals surface area contributed by atoms with Crippen LogP contribution in [0.4, 0.5) is 5.69 Å². The van der Waals surface area contributed by atoms with Gasteiger partial charge in [0.25, 0.3) is 0 Å². The average Bonchev–Trinajstić information content (AvgIpc) is 2.52. The Morgan fingerprint density at radius 2 is 2.00 bits per heavy atom. The third-order valence-corrected chi connectivity index (χ3v) is 3.43. The minimum atomic E-state index is -0.584. The fraction of sp³-hybridized carbons (Fsp3) is 0.562. The lowest BCUT2D eigenvalue weighted by molar-refractivity contribution is 0.0498. The number of hydrogen-bond donors (Lipinski definition) is 2. The van der Waals surface area contributed by atoms with Crippen molar-refractivity contribution in [3.63, 3.8) is 0 Å². The standard InChI is InChI=1S/C16H24ClNO3/c1-2-3-4-5-10-21-16(20)13-6-8-14(9-7-13)18-12-15(19)11-17/h6-9,15,18-19H,2-5,10-12H2,1H3. The zero-order valence-electron chi connectivity index (χ0n) is 12.5. The summed E-state index contributed by atoms with van der Waals surface area (Å²) in [5, 5.41) is 12.4.